The first-order valence-electron chi connectivity index (χ1n) is 17.9. The first-order valence-corrected chi connectivity index (χ1v) is 17.9. The number of hydrogen-bond donors (Lipinski definition) is 0. The number of para-hydroxylation sites is 2. The molecule has 4 heteroatoms. The lowest BCUT2D eigenvalue weighted by molar-refractivity contribution is 0.965. The zero-order valence-electron chi connectivity index (χ0n) is 29.6. The van der Waals surface area contributed by atoms with Crippen molar-refractivity contribution in [3.05, 3.63) is 181 Å². The zero-order valence-corrected chi connectivity index (χ0v) is 29.6. The summed E-state index contributed by atoms with van der Waals surface area (Å²) in [6.07, 6.45) is 9.43. The molecular weight excluding hydrogens is 633 g/mol. The summed E-state index contributed by atoms with van der Waals surface area (Å²) in [5, 5.41) is 1.14. The number of aromatic nitrogens is 1. The minimum Gasteiger partial charge on any atom is -0.335 e. The van der Waals surface area contributed by atoms with Crippen molar-refractivity contribution in [3.63, 3.8) is 0 Å². The fraction of sp³-hybridized carbons (Fsp3) is 0.0833. The highest BCUT2D eigenvalue weighted by atomic mass is 15.2. The quantitative estimate of drug-likeness (QED) is 0.113. The summed E-state index contributed by atoms with van der Waals surface area (Å²) in [6.45, 7) is 8.83. The molecule has 0 spiro atoms. The minimum atomic E-state index is 0.657. The summed E-state index contributed by atoms with van der Waals surface area (Å²) in [5.41, 5.74) is 15.6. The van der Waals surface area contributed by atoms with Crippen LogP contribution in [0.25, 0.3) is 38.7 Å². The van der Waals surface area contributed by atoms with Crippen LogP contribution in [0, 0.1) is 0 Å². The largest absolute Gasteiger partial charge is 0.335 e. The normalized spacial score (nSPS) is 12.5. The van der Waals surface area contributed by atoms with Gasteiger partial charge < -0.3 is 9.80 Å². The van der Waals surface area contributed by atoms with Gasteiger partial charge in [-0.2, -0.15) is 0 Å². The van der Waals surface area contributed by atoms with Crippen LogP contribution in [0.4, 0.5) is 34.1 Å². The molecule has 6 aromatic carbocycles. The van der Waals surface area contributed by atoms with Gasteiger partial charge in [0.05, 0.1) is 29.1 Å². The Morgan fingerprint density at radius 3 is 2.17 bits per heavy atom. The lowest BCUT2D eigenvalue weighted by Crippen LogP contribution is -2.23. The van der Waals surface area contributed by atoms with Crippen molar-refractivity contribution in [1.29, 1.82) is 0 Å². The van der Waals surface area contributed by atoms with Crippen LogP contribution in [-0.4, -0.2) is 11.7 Å². The van der Waals surface area contributed by atoms with E-state index in [0.29, 0.717) is 6.54 Å². The smallest absolute Gasteiger partial charge is 0.0859 e. The number of benzene rings is 6. The van der Waals surface area contributed by atoms with E-state index < -0.39 is 0 Å². The fourth-order valence-electron chi connectivity index (χ4n) is 7.38. The van der Waals surface area contributed by atoms with Crippen LogP contribution in [0.5, 0.6) is 0 Å². The van der Waals surface area contributed by atoms with Crippen molar-refractivity contribution >= 4 is 57.3 Å². The Kier molecular flexibility index (Phi) is 9.03. The lowest BCUT2D eigenvalue weighted by atomic mass is 9.90. The molecule has 1 aliphatic rings. The van der Waals surface area contributed by atoms with E-state index in [1.807, 2.05) is 24.4 Å². The first kappa shape index (κ1) is 32.7. The molecule has 0 unspecified atom stereocenters. The number of fused-ring (bicyclic) bond motifs is 5. The highest BCUT2D eigenvalue weighted by Crippen LogP contribution is 2.49. The molecule has 4 nitrogen and oxygen atoms in total. The van der Waals surface area contributed by atoms with E-state index in [9.17, 15) is 0 Å². The van der Waals surface area contributed by atoms with Crippen molar-refractivity contribution < 1.29 is 0 Å². The Labute approximate surface area is 306 Å². The second kappa shape index (κ2) is 14.4. The van der Waals surface area contributed by atoms with Crippen LogP contribution in [0.2, 0.25) is 0 Å². The van der Waals surface area contributed by atoms with Crippen LogP contribution in [0.3, 0.4) is 0 Å². The van der Waals surface area contributed by atoms with Gasteiger partial charge in [-0.3, -0.25) is 9.98 Å². The lowest BCUT2D eigenvalue weighted by Gasteiger charge is -2.35. The summed E-state index contributed by atoms with van der Waals surface area (Å²) in [6, 6.07) is 52.0. The molecule has 0 saturated heterocycles. The van der Waals surface area contributed by atoms with E-state index in [4.69, 9.17) is 4.98 Å². The maximum Gasteiger partial charge on any atom is 0.0859 e. The van der Waals surface area contributed by atoms with Crippen LogP contribution in [-0.2, 0) is 6.54 Å². The highest BCUT2D eigenvalue weighted by molar-refractivity contribution is 5.98. The van der Waals surface area contributed by atoms with Gasteiger partial charge in [0, 0.05) is 39.8 Å². The standard InChI is InChI=1S/C48H40N4/c1-4-12-34(13-5-2)36-19-24-39(25-20-36)52(40-26-21-37(22-27-40)35-14-7-6-8-15-35)41-28-30-43-42-29-23-38-16-11-31-50-48(38)44(42)33-51(47(43)32-41)46-18-10-9-17-45(46)49-3/h4,6-32H,3,5,33H2,1-2H3/b12-4-,34-13+. The number of rotatable bonds is 9. The van der Waals surface area contributed by atoms with Gasteiger partial charge in [0.15, 0.2) is 0 Å². The number of anilines is 5. The van der Waals surface area contributed by atoms with Gasteiger partial charge in [-0.05, 0) is 102 Å². The van der Waals surface area contributed by atoms with Gasteiger partial charge in [-0.25, -0.2) is 0 Å². The Morgan fingerprint density at radius 1 is 0.731 bits per heavy atom. The fourth-order valence-corrected chi connectivity index (χ4v) is 7.38. The molecule has 0 radical (unpaired) electrons. The Morgan fingerprint density at radius 2 is 1.42 bits per heavy atom. The van der Waals surface area contributed by atoms with Gasteiger partial charge in [0.2, 0.25) is 0 Å². The van der Waals surface area contributed by atoms with Crippen LogP contribution in [0.15, 0.2) is 175 Å². The van der Waals surface area contributed by atoms with E-state index in [0.717, 1.165) is 57.0 Å². The third-order valence-electron chi connectivity index (χ3n) is 9.82. The van der Waals surface area contributed by atoms with Crippen molar-refractivity contribution in [1.82, 2.24) is 4.98 Å². The second-order valence-electron chi connectivity index (χ2n) is 13.0. The van der Waals surface area contributed by atoms with E-state index in [-0.39, 0.29) is 0 Å². The topological polar surface area (TPSA) is 31.7 Å². The number of pyridine rings is 1. The molecular formula is C48H40N4. The predicted octanol–water partition coefficient (Wildman–Crippen LogP) is 13.4. The third-order valence-corrected chi connectivity index (χ3v) is 9.82. The molecule has 0 saturated carbocycles. The third kappa shape index (κ3) is 6.09. The SMILES string of the molecule is C=Nc1ccccc1N1Cc2c(ccc3cccnc23)-c2ccc(N(c3ccc(C(/C=C\C)=C/CC)cc3)c3ccc(-c4ccccc4)cc3)cc21. The molecule has 52 heavy (non-hydrogen) atoms. The van der Waals surface area contributed by atoms with E-state index >= 15 is 0 Å². The number of nitrogens with zero attached hydrogens (tertiary/aromatic N) is 4. The molecule has 1 aliphatic heterocycles. The zero-order chi connectivity index (χ0) is 35.4. The Hall–Kier alpha value is -6.52. The molecule has 252 valence electrons. The maximum atomic E-state index is 4.86. The molecule has 0 atom stereocenters. The van der Waals surface area contributed by atoms with Crippen LogP contribution < -0.4 is 9.80 Å². The summed E-state index contributed by atoms with van der Waals surface area (Å²) >= 11 is 0. The van der Waals surface area contributed by atoms with E-state index in [2.05, 4.69) is 181 Å². The molecule has 0 fully saturated rings. The molecule has 7 aromatic rings. The maximum absolute atomic E-state index is 4.86. The molecule has 0 amide bonds. The summed E-state index contributed by atoms with van der Waals surface area (Å²) in [7, 11) is 0. The summed E-state index contributed by atoms with van der Waals surface area (Å²) in [4.78, 5) is 14.0. The van der Waals surface area contributed by atoms with Crippen molar-refractivity contribution in [2.75, 3.05) is 9.80 Å². The average molecular weight is 673 g/mol. The van der Waals surface area contributed by atoms with E-state index in [1.54, 1.807) is 0 Å². The molecule has 1 aromatic heterocycles. The van der Waals surface area contributed by atoms with E-state index in [1.165, 1.54) is 33.4 Å². The van der Waals surface area contributed by atoms with Gasteiger partial charge in [-0.15, -0.1) is 0 Å². The Bertz CT molecular complexity index is 2440. The van der Waals surface area contributed by atoms with Crippen molar-refractivity contribution in [2.24, 2.45) is 4.99 Å². The van der Waals surface area contributed by atoms with Gasteiger partial charge in [0.1, 0.15) is 0 Å². The first-order chi connectivity index (χ1) is 25.7. The van der Waals surface area contributed by atoms with Gasteiger partial charge in [0.25, 0.3) is 0 Å². The summed E-state index contributed by atoms with van der Waals surface area (Å²) in [5.74, 6) is 0. The molecule has 2 heterocycles. The highest BCUT2D eigenvalue weighted by Gasteiger charge is 2.28. The van der Waals surface area contributed by atoms with Crippen molar-refractivity contribution in [3.8, 4) is 22.3 Å². The average Bonchev–Trinajstić information content (AvgIpc) is 3.21. The minimum absolute atomic E-state index is 0.657. The Balaban J connectivity index is 1.31. The van der Waals surface area contributed by atoms with Gasteiger partial charge in [-0.1, -0.05) is 116 Å². The molecule has 0 aliphatic carbocycles. The number of aliphatic imine (C=N–C) groups is 1. The summed E-state index contributed by atoms with van der Waals surface area (Å²) < 4.78 is 0. The molecule has 0 N–H and O–H groups in total. The second-order valence-corrected chi connectivity index (χ2v) is 13.0. The van der Waals surface area contributed by atoms with Crippen LogP contribution in [0.1, 0.15) is 31.4 Å². The van der Waals surface area contributed by atoms with Crippen molar-refractivity contribution in [2.45, 2.75) is 26.8 Å². The number of hydrogen-bond acceptors (Lipinski definition) is 4. The predicted molar refractivity (Wildman–Crippen MR) is 222 cm³/mol. The van der Waals surface area contributed by atoms with Gasteiger partial charge >= 0.3 is 0 Å². The number of allylic oxidation sites excluding steroid dienone is 4. The monoisotopic (exact) mass is 672 g/mol. The molecule has 8 rings (SSSR count). The molecule has 0 bridgehead atoms. The van der Waals surface area contributed by atoms with Crippen LogP contribution >= 0.6 is 0 Å².